The lowest BCUT2D eigenvalue weighted by Crippen LogP contribution is -2.34. The molecule has 0 fully saturated rings. The molecular formula is C12H15F2N3O4. The predicted octanol–water partition coefficient (Wildman–Crippen LogP) is 3.07. The Hall–Kier alpha value is -2.45. The van der Waals surface area contributed by atoms with Crippen LogP contribution in [0.5, 0.6) is 5.75 Å². The molecule has 1 rings (SSSR count). The van der Waals surface area contributed by atoms with Gasteiger partial charge in [-0.3, -0.25) is 10.1 Å². The fourth-order valence-corrected chi connectivity index (χ4v) is 1.63. The summed E-state index contributed by atoms with van der Waals surface area (Å²) in [5.41, 5.74) is -0.520. The van der Waals surface area contributed by atoms with Crippen LogP contribution in [0.3, 0.4) is 0 Å². The molecule has 0 unspecified atom stereocenters. The lowest BCUT2D eigenvalue weighted by molar-refractivity contribution is -0.384. The number of nitro benzene ring substituents is 1. The van der Waals surface area contributed by atoms with Crippen molar-refractivity contribution in [3.8, 4) is 5.75 Å². The van der Waals surface area contributed by atoms with Crippen molar-refractivity contribution in [3.05, 3.63) is 28.3 Å². The van der Waals surface area contributed by atoms with Crippen LogP contribution in [0.2, 0.25) is 0 Å². The van der Waals surface area contributed by atoms with Crippen LogP contribution in [0, 0.1) is 10.1 Å². The number of urea groups is 1. The number of ether oxygens (including phenoxy) is 1. The van der Waals surface area contributed by atoms with E-state index in [4.69, 9.17) is 0 Å². The number of nitrogens with one attached hydrogen (secondary N) is 1. The van der Waals surface area contributed by atoms with E-state index < -0.39 is 17.6 Å². The van der Waals surface area contributed by atoms with Crippen molar-refractivity contribution >= 4 is 17.4 Å². The van der Waals surface area contributed by atoms with E-state index in [0.29, 0.717) is 13.1 Å². The van der Waals surface area contributed by atoms with Gasteiger partial charge in [0.05, 0.1) is 10.6 Å². The second-order valence-electron chi connectivity index (χ2n) is 3.92. The van der Waals surface area contributed by atoms with Crippen LogP contribution in [-0.4, -0.2) is 35.6 Å². The minimum atomic E-state index is -3.10. The van der Waals surface area contributed by atoms with Gasteiger partial charge in [-0.2, -0.15) is 8.78 Å². The molecule has 1 aromatic carbocycles. The van der Waals surface area contributed by atoms with Gasteiger partial charge in [-0.25, -0.2) is 4.79 Å². The fourth-order valence-electron chi connectivity index (χ4n) is 1.63. The van der Waals surface area contributed by atoms with Crippen LogP contribution >= 0.6 is 0 Å². The molecule has 7 nitrogen and oxygen atoms in total. The number of hydrogen-bond acceptors (Lipinski definition) is 4. The highest BCUT2D eigenvalue weighted by Gasteiger charge is 2.18. The molecule has 0 radical (unpaired) electrons. The third kappa shape index (κ3) is 4.55. The minimum absolute atomic E-state index is 0.179. The van der Waals surface area contributed by atoms with Crippen molar-refractivity contribution in [2.45, 2.75) is 20.5 Å². The summed E-state index contributed by atoms with van der Waals surface area (Å²) in [6.07, 6.45) is 0. The highest BCUT2D eigenvalue weighted by Crippen LogP contribution is 2.30. The van der Waals surface area contributed by atoms with E-state index in [1.807, 2.05) is 0 Å². The molecule has 1 aromatic rings. The van der Waals surface area contributed by atoms with Gasteiger partial charge in [-0.1, -0.05) is 0 Å². The fraction of sp³-hybridized carbons (Fsp3) is 0.417. The Morgan fingerprint density at radius 3 is 2.52 bits per heavy atom. The van der Waals surface area contributed by atoms with Crippen LogP contribution in [0.25, 0.3) is 0 Å². The molecule has 0 spiro atoms. The van der Waals surface area contributed by atoms with Gasteiger partial charge in [-0.15, -0.1) is 0 Å². The van der Waals surface area contributed by atoms with E-state index in [1.54, 1.807) is 13.8 Å². The Balaban J connectivity index is 3.07. The van der Waals surface area contributed by atoms with Gasteiger partial charge in [0.25, 0.3) is 5.69 Å². The van der Waals surface area contributed by atoms with Crippen LogP contribution in [0.15, 0.2) is 18.2 Å². The molecule has 0 heterocycles. The zero-order valence-corrected chi connectivity index (χ0v) is 11.5. The Morgan fingerprint density at radius 1 is 1.43 bits per heavy atom. The number of benzene rings is 1. The third-order valence-electron chi connectivity index (χ3n) is 2.68. The number of rotatable bonds is 6. The Bertz CT molecular complexity index is 521. The van der Waals surface area contributed by atoms with Crippen molar-refractivity contribution in [1.82, 2.24) is 4.90 Å². The first kappa shape index (κ1) is 16.6. The van der Waals surface area contributed by atoms with Gasteiger partial charge < -0.3 is 15.0 Å². The average Bonchev–Trinajstić information content (AvgIpc) is 2.41. The number of nitrogens with zero attached hydrogens (tertiary/aromatic N) is 2. The number of carbonyl (C=O) groups is 1. The molecule has 0 atom stereocenters. The Labute approximate surface area is 119 Å². The van der Waals surface area contributed by atoms with E-state index >= 15 is 0 Å². The van der Waals surface area contributed by atoms with E-state index in [9.17, 15) is 23.7 Å². The molecule has 21 heavy (non-hydrogen) atoms. The SMILES string of the molecule is CCN(CC)C(=O)Nc1cc([N+](=O)[O-])ccc1OC(F)F. The zero-order chi connectivity index (χ0) is 16.0. The maximum absolute atomic E-state index is 12.3. The smallest absolute Gasteiger partial charge is 0.387 e. The summed E-state index contributed by atoms with van der Waals surface area (Å²) in [5.74, 6) is -0.337. The summed E-state index contributed by atoms with van der Waals surface area (Å²) >= 11 is 0. The van der Waals surface area contributed by atoms with Gasteiger partial charge in [-0.05, 0) is 19.9 Å². The molecule has 0 aliphatic carbocycles. The molecule has 0 bridgehead atoms. The maximum Gasteiger partial charge on any atom is 0.387 e. The van der Waals surface area contributed by atoms with Crippen molar-refractivity contribution in [1.29, 1.82) is 0 Å². The maximum atomic E-state index is 12.3. The first-order chi connectivity index (χ1) is 9.88. The lowest BCUT2D eigenvalue weighted by Gasteiger charge is -2.20. The molecule has 0 aromatic heterocycles. The van der Waals surface area contributed by atoms with E-state index in [1.165, 1.54) is 4.90 Å². The highest BCUT2D eigenvalue weighted by atomic mass is 19.3. The third-order valence-corrected chi connectivity index (χ3v) is 2.68. The highest BCUT2D eigenvalue weighted by molar-refractivity contribution is 5.91. The summed E-state index contributed by atoms with van der Waals surface area (Å²) in [4.78, 5) is 23.3. The van der Waals surface area contributed by atoms with E-state index in [2.05, 4.69) is 10.1 Å². The predicted molar refractivity (Wildman–Crippen MR) is 71.7 cm³/mol. The molecule has 116 valence electrons. The second kappa shape index (κ2) is 7.36. The molecule has 2 amide bonds. The number of alkyl halides is 2. The summed E-state index contributed by atoms with van der Waals surface area (Å²) in [7, 11) is 0. The van der Waals surface area contributed by atoms with E-state index in [0.717, 1.165) is 18.2 Å². The number of carbonyl (C=O) groups excluding carboxylic acids is 1. The molecule has 0 aliphatic heterocycles. The summed E-state index contributed by atoms with van der Waals surface area (Å²) < 4.78 is 28.9. The first-order valence-corrected chi connectivity index (χ1v) is 6.18. The summed E-state index contributed by atoms with van der Waals surface area (Å²) in [6.45, 7) is 1.20. The number of non-ortho nitro benzene ring substituents is 1. The van der Waals surface area contributed by atoms with Gasteiger partial charge in [0, 0.05) is 25.2 Å². The number of amides is 2. The first-order valence-electron chi connectivity index (χ1n) is 6.18. The number of anilines is 1. The van der Waals surface area contributed by atoms with Crippen LogP contribution in [-0.2, 0) is 0 Å². The summed E-state index contributed by atoms with van der Waals surface area (Å²) in [6, 6.07) is 2.45. The standard InChI is InChI=1S/C12H15F2N3O4/c1-3-16(4-2)12(18)15-9-7-8(17(19)20)5-6-10(9)21-11(13)14/h5-7,11H,3-4H2,1-2H3,(H,15,18). The van der Waals surface area contributed by atoms with E-state index in [-0.39, 0.29) is 17.1 Å². The monoisotopic (exact) mass is 303 g/mol. The number of halogens is 2. The average molecular weight is 303 g/mol. The van der Waals surface area contributed by atoms with Crippen LogP contribution < -0.4 is 10.1 Å². The molecular weight excluding hydrogens is 288 g/mol. The molecule has 1 N–H and O–H groups in total. The molecule has 0 aliphatic rings. The topological polar surface area (TPSA) is 84.7 Å². The zero-order valence-electron chi connectivity index (χ0n) is 11.5. The number of nitro groups is 1. The largest absolute Gasteiger partial charge is 0.433 e. The molecule has 0 saturated heterocycles. The Morgan fingerprint density at radius 2 is 2.05 bits per heavy atom. The van der Waals surface area contributed by atoms with Crippen molar-refractivity contribution < 1.29 is 23.2 Å². The van der Waals surface area contributed by atoms with Crippen molar-refractivity contribution in [2.75, 3.05) is 18.4 Å². The van der Waals surface area contributed by atoms with Crippen LogP contribution in [0.1, 0.15) is 13.8 Å². The Kier molecular flexibility index (Phi) is 5.82. The minimum Gasteiger partial charge on any atom is -0.433 e. The van der Waals surface area contributed by atoms with Gasteiger partial charge in [0.15, 0.2) is 0 Å². The van der Waals surface area contributed by atoms with Gasteiger partial charge >= 0.3 is 12.6 Å². The normalized spacial score (nSPS) is 10.3. The summed E-state index contributed by atoms with van der Waals surface area (Å²) in [5, 5.41) is 13.0. The molecule has 0 saturated carbocycles. The van der Waals surface area contributed by atoms with Gasteiger partial charge in [0.2, 0.25) is 0 Å². The van der Waals surface area contributed by atoms with Gasteiger partial charge in [0.1, 0.15) is 5.75 Å². The molecule has 9 heteroatoms. The second-order valence-corrected chi connectivity index (χ2v) is 3.92. The number of hydrogen-bond donors (Lipinski definition) is 1. The lowest BCUT2D eigenvalue weighted by atomic mass is 10.2. The quantitative estimate of drug-likeness (QED) is 0.646. The van der Waals surface area contributed by atoms with Crippen LogP contribution in [0.4, 0.5) is 25.0 Å². The van der Waals surface area contributed by atoms with Crippen molar-refractivity contribution in [3.63, 3.8) is 0 Å². The van der Waals surface area contributed by atoms with Crippen molar-refractivity contribution in [2.24, 2.45) is 0 Å².